The maximum atomic E-state index is 13.5. The van der Waals surface area contributed by atoms with Crippen LogP contribution < -0.4 is 0 Å². The van der Waals surface area contributed by atoms with Crippen LogP contribution in [0, 0.1) is 5.82 Å². The second-order valence-electron chi connectivity index (χ2n) is 6.20. The number of halogens is 4. The van der Waals surface area contributed by atoms with Crippen LogP contribution in [-0.4, -0.2) is 9.78 Å². The summed E-state index contributed by atoms with van der Waals surface area (Å²) in [6, 6.07) is 19.1. The largest absolute Gasteiger partial charge is 0.418 e. The topological polar surface area (TPSA) is 17.8 Å². The lowest BCUT2D eigenvalue weighted by Crippen LogP contribution is -2.07. The van der Waals surface area contributed by atoms with Crippen molar-refractivity contribution in [2.45, 2.75) is 12.7 Å². The standard InChI is InChI=1S/C21H14F4N2/c22-16-9-4-6-14(12-16)13-27-20(15-7-2-1-3-8-15)17-10-5-11-18(19(17)26-27)21(23,24)25/h1-12H,13H2. The van der Waals surface area contributed by atoms with Crippen molar-refractivity contribution in [2.24, 2.45) is 0 Å². The van der Waals surface area contributed by atoms with Crippen LogP contribution in [0.15, 0.2) is 72.8 Å². The molecule has 0 bridgehead atoms. The lowest BCUT2D eigenvalue weighted by atomic mass is 10.0. The highest BCUT2D eigenvalue weighted by Crippen LogP contribution is 2.38. The van der Waals surface area contributed by atoms with Gasteiger partial charge in [-0.15, -0.1) is 0 Å². The summed E-state index contributed by atoms with van der Waals surface area (Å²) >= 11 is 0. The van der Waals surface area contributed by atoms with Gasteiger partial charge in [0.2, 0.25) is 0 Å². The zero-order valence-electron chi connectivity index (χ0n) is 14.0. The minimum atomic E-state index is -4.51. The maximum absolute atomic E-state index is 13.5. The average Bonchev–Trinajstić information content (AvgIpc) is 2.99. The molecule has 3 aromatic carbocycles. The molecule has 4 aromatic rings. The number of nitrogens with zero attached hydrogens (tertiary/aromatic N) is 2. The van der Waals surface area contributed by atoms with E-state index in [2.05, 4.69) is 5.10 Å². The van der Waals surface area contributed by atoms with Crippen molar-refractivity contribution in [1.82, 2.24) is 9.78 Å². The van der Waals surface area contributed by atoms with Crippen LogP contribution in [0.5, 0.6) is 0 Å². The molecule has 0 N–H and O–H groups in total. The molecule has 0 atom stereocenters. The number of aromatic nitrogens is 2. The molecule has 0 fully saturated rings. The average molecular weight is 370 g/mol. The molecule has 136 valence electrons. The van der Waals surface area contributed by atoms with Gasteiger partial charge < -0.3 is 0 Å². The summed E-state index contributed by atoms with van der Waals surface area (Å²) in [7, 11) is 0. The molecule has 0 spiro atoms. The summed E-state index contributed by atoms with van der Waals surface area (Å²) in [4.78, 5) is 0. The molecule has 0 saturated heterocycles. The predicted octanol–water partition coefficient (Wildman–Crippen LogP) is 5.91. The molecule has 0 aliphatic rings. The van der Waals surface area contributed by atoms with E-state index >= 15 is 0 Å². The first kappa shape index (κ1) is 17.3. The molecule has 0 aliphatic heterocycles. The Bertz CT molecular complexity index is 1100. The molecule has 1 heterocycles. The first-order valence-corrected chi connectivity index (χ1v) is 8.30. The molecule has 27 heavy (non-hydrogen) atoms. The van der Waals surface area contributed by atoms with Crippen molar-refractivity contribution in [1.29, 1.82) is 0 Å². The minimum Gasteiger partial charge on any atom is -0.259 e. The third-order valence-electron chi connectivity index (χ3n) is 4.34. The molecule has 0 radical (unpaired) electrons. The number of hydrogen-bond acceptors (Lipinski definition) is 1. The van der Waals surface area contributed by atoms with Crippen LogP contribution in [-0.2, 0) is 12.7 Å². The lowest BCUT2D eigenvalue weighted by Gasteiger charge is -2.08. The number of fused-ring (bicyclic) bond motifs is 1. The second-order valence-corrected chi connectivity index (χ2v) is 6.20. The number of alkyl halides is 3. The Morgan fingerprint density at radius 1 is 0.852 bits per heavy atom. The number of benzene rings is 3. The van der Waals surface area contributed by atoms with Gasteiger partial charge in [-0.2, -0.15) is 18.3 Å². The van der Waals surface area contributed by atoms with Crippen LogP contribution in [0.25, 0.3) is 22.2 Å². The van der Waals surface area contributed by atoms with E-state index in [1.54, 1.807) is 18.2 Å². The molecule has 4 rings (SSSR count). The van der Waals surface area contributed by atoms with Gasteiger partial charge >= 0.3 is 6.18 Å². The maximum Gasteiger partial charge on any atom is 0.418 e. The molecule has 2 nitrogen and oxygen atoms in total. The van der Waals surface area contributed by atoms with Crippen LogP contribution >= 0.6 is 0 Å². The summed E-state index contributed by atoms with van der Waals surface area (Å²) in [6.45, 7) is 0.161. The van der Waals surface area contributed by atoms with Gasteiger partial charge in [0.15, 0.2) is 0 Å². The fourth-order valence-electron chi connectivity index (χ4n) is 3.20. The Morgan fingerprint density at radius 3 is 2.30 bits per heavy atom. The normalized spacial score (nSPS) is 11.9. The summed E-state index contributed by atoms with van der Waals surface area (Å²) in [5.41, 5.74) is 1.04. The van der Waals surface area contributed by atoms with Gasteiger partial charge in [0, 0.05) is 10.9 Å². The van der Waals surface area contributed by atoms with E-state index in [-0.39, 0.29) is 12.1 Å². The van der Waals surface area contributed by atoms with Crippen molar-refractivity contribution in [3.05, 3.63) is 89.7 Å². The second kappa shape index (κ2) is 6.54. The van der Waals surface area contributed by atoms with Crippen molar-refractivity contribution in [2.75, 3.05) is 0 Å². The molecule has 0 aliphatic carbocycles. The smallest absolute Gasteiger partial charge is 0.259 e. The molecule has 0 unspecified atom stereocenters. The fraction of sp³-hybridized carbons (Fsp3) is 0.0952. The van der Waals surface area contributed by atoms with E-state index in [0.717, 1.165) is 11.6 Å². The van der Waals surface area contributed by atoms with Crippen LogP contribution in [0.4, 0.5) is 17.6 Å². The molecular formula is C21H14F4N2. The van der Waals surface area contributed by atoms with Gasteiger partial charge in [-0.1, -0.05) is 54.6 Å². The SMILES string of the molecule is Fc1cccc(Cn2nc3c(C(F)(F)F)cccc3c2-c2ccccc2)c1. The number of hydrogen-bond donors (Lipinski definition) is 0. The Balaban J connectivity index is 1.96. The Morgan fingerprint density at radius 2 is 1.59 bits per heavy atom. The Hall–Kier alpha value is -3.15. The van der Waals surface area contributed by atoms with Gasteiger partial charge in [0.1, 0.15) is 11.3 Å². The van der Waals surface area contributed by atoms with Crippen molar-refractivity contribution in [3.63, 3.8) is 0 Å². The van der Waals surface area contributed by atoms with E-state index in [1.165, 1.54) is 22.9 Å². The van der Waals surface area contributed by atoms with Crippen LogP contribution in [0.2, 0.25) is 0 Å². The summed E-state index contributed by atoms with van der Waals surface area (Å²) in [6.07, 6.45) is -4.51. The third kappa shape index (κ3) is 3.30. The van der Waals surface area contributed by atoms with Gasteiger partial charge in [-0.25, -0.2) is 4.39 Å². The quantitative estimate of drug-likeness (QED) is 0.410. The van der Waals surface area contributed by atoms with Gasteiger partial charge in [0.25, 0.3) is 0 Å². The highest BCUT2D eigenvalue weighted by atomic mass is 19.4. The zero-order chi connectivity index (χ0) is 19.0. The predicted molar refractivity (Wildman–Crippen MR) is 95.7 cm³/mol. The monoisotopic (exact) mass is 370 g/mol. The van der Waals surface area contributed by atoms with Gasteiger partial charge in [0.05, 0.1) is 17.8 Å². The minimum absolute atomic E-state index is 0.111. The summed E-state index contributed by atoms with van der Waals surface area (Å²) in [5, 5.41) is 4.66. The zero-order valence-corrected chi connectivity index (χ0v) is 14.0. The third-order valence-corrected chi connectivity index (χ3v) is 4.34. The molecule has 1 aromatic heterocycles. The first-order valence-electron chi connectivity index (χ1n) is 8.30. The van der Waals surface area contributed by atoms with E-state index in [1.807, 2.05) is 30.3 Å². The van der Waals surface area contributed by atoms with Crippen molar-refractivity contribution >= 4 is 10.9 Å². The molecule has 0 amide bonds. The van der Waals surface area contributed by atoms with Crippen molar-refractivity contribution < 1.29 is 17.6 Å². The van der Waals surface area contributed by atoms with E-state index in [4.69, 9.17) is 0 Å². The Labute approximate surface area is 152 Å². The van der Waals surface area contributed by atoms with Gasteiger partial charge in [-0.05, 0) is 23.8 Å². The van der Waals surface area contributed by atoms with E-state index in [0.29, 0.717) is 16.6 Å². The van der Waals surface area contributed by atoms with Crippen molar-refractivity contribution in [3.8, 4) is 11.3 Å². The first-order chi connectivity index (χ1) is 12.9. The highest BCUT2D eigenvalue weighted by molar-refractivity contribution is 5.95. The Kier molecular flexibility index (Phi) is 4.18. The molecular weight excluding hydrogens is 356 g/mol. The van der Waals surface area contributed by atoms with E-state index in [9.17, 15) is 17.6 Å². The fourth-order valence-corrected chi connectivity index (χ4v) is 3.20. The highest BCUT2D eigenvalue weighted by Gasteiger charge is 2.34. The molecule has 6 heteroatoms. The summed E-state index contributed by atoms with van der Waals surface area (Å²) < 4.78 is 55.4. The van der Waals surface area contributed by atoms with Crippen LogP contribution in [0.1, 0.15) is 11.1 Å². The van der Waals surface area contributed by atoms with E-state index < -0.39 is 17.6 Å². The summed E-state index contributed by atoms with van der Waals surface area (Å²) in [5.74, 6) is -0.401. The lowest BCUT2D eigenvalue weighted by molar-refractivity contribution is -0.136. The van der Waals surface area contributed by atoms with Gasteiger partial charge in [-0.3, -0.25) is 4.68 Å². The molecule has 0 saturated carbocycles. The number of rotatable bonds is 3. The van der Waals surface area contributed by atoms with Crippen LogP contribution in [0.3, 0.4) is 0 Å².